The Hall–Kier alpha value is -2.43. The molecule has 0 unspecified atom stereocenters. The molecule has 4 nitrogen and oxygen atoms in total. The fourth-order valence-electron chi connectivity index (χ4n) is 2.24. The number of guanidine groups is 1. The molecule has 0 saturated heterocycles. The van der Waals surface area contributed by atoms with Crippen LogP contribution in [0.1, 0.15) is 30.7 Å². The Bertz CT molecular complexity index is 628. The van der Waals surface area contributed by atoms with Gasteiger partial charge in [-0.15, -0.1) is 0 Å². The molecule has 0 aliphatic rings. The van der Waals surface area contributed by atoms with Crippen LogP contribution in [0.2, 0.25) is 0 Å². The number of hydrogen-bond acceptors (Lipinski definition) is 2. The van der Waals surface area contributed by atoms with Gasteiger partial charge in [0.15, 0.2) is 5.96 Å². The number of nitrogens with zero attached hydrogens (tertiary/aromatic N) is 2. The van der Waals surface area contributed by atoms with Crippen molar-refractivity contribution >= 4 is 11.6 Å². The van der Waals surface area contributed by atoms with Gasteiger partial charge in [-0.25, -0.2) is 9.38 Å². The lowest BCUT2D eigenvalue weighted by Gasteiger charge is -2.14. The van der Waals surface area contributed by atoms with Gasteiger partial charge in [0.2, 0.25) is 0 Å². The van der Waals surface area contributed by atoms with Gasteiger partial charge < -0.3 is 11.1 Å². The van der Waals surface area contributed by atoms with Crippen molar-refractivity contribution in [1.82, 2.24) is 4.98 Å². The molecular formula is C17H21FN4. The molecule has 0 amide bonds. The van der Waals surface area contributed by atoms with Crippen LogP contribution in [0.5, 0.6) is 0 Å². The second kappa shape index (κ2) is 7.54. The SMILES string of the molecule is CCc1cccc(CC)c1NC(N)=NCc1ccc(F)cn1. The van der Waals surface area contributed by atoms with Gasteiger partial charge in [-0.2, -0.15) is 0 Å². The van der Waals surface area contributed by atoms with E-state index in [0.29, 0.717) is 18.2 Å². The number of hydrogen-bond donors (Lipinski definition) is 2. The number of halogens is 1. The van der Waals surface area contributed by atoms with Gasteiger partial charge in [-0.3, -0.25) is 4.98 Å². The molecule has 0 bridgehead atoms. The summed E-state index contributed by atoms with van der Waals surface area (Å²) in [4.78, 5) is 8.23. The van der Waals surface area contributed by atoms with Crippen molar-refractivity contribution in [1.29, 1.82) is 0 Å². The molecule has 2 rings (SSSR count). The van der Waals surface area contributed by atoms with Crippen LogP contribution in [-0.2, 0) is 19.4 Å². The third-order valence-corrected chi connectivity index (χ3v) is 3.45. The monoisotopic (exact) mass is 300 g/mol. The third-order valence-electron chi connectivity index (χ3n) is 3.45. The van der Waals surface area contributed by atoms with E-state index in [-0.39, 0.29) is 5.82 Å². The zero-order chi connectivity index (χ0) is 15.9. The third kappa shape index (κ3) is 4.04. The molecule has 3 N–H and O–H groups in total. The standard InChI is InChI=1S/C17H21FN4/c1-3-12-6-5-7-13(4-2)16(12)22-17(19)21-11-15-9-8-14(18)10-20-15/h5-10H,3-4,11H2,1-2H3,(H3,19,21,22). The van der Waals surface area contributed by atoms with E-state index in [1.807, 2.05) is 0 Å². The zero-order valence-electron chi connectivity index (χ0n) is 12.9. The Kier molecular flexibility index (Phi) is 5.47. The Morgan fingerprint density at radius 1 is 1.18 bits per heavy atom. The number of pyridine rings is 1. The molecule has 0 aliphatic carbocycles. The van der Waals surface area contributed by atoms with Crippen LogP contribution >= 0.6 is 0 Å². The summed E-state index contributed by atoms with van der Waals surface area (Å²) in [5.41, 5.74) is 10.1. The Morgan fingerprint density at radius 2 is 1.86 bits per heavy atom. The highest BCUT2D eigenvalue weighted by molar-refractivity contribution is 5.93. The molecule has 1 aromatic carbocycles. The van der Waals surface area contributed by atoms with E-state index in [0.717, 1.165) is 18.5 Å². The lowest BCUT2D eigenvalue weighted by atomic mass is 10.0. The van der Waals surface area contributed by atoms with Gasteiger partial charge in [0, 0.05) is 5.69 Å². The molecule has 2 aromatic rings. The average Bonchev–Trinajstić information content (AvgIpc) is 2.54. The van der Waals surface area contributed by atoms with E-state index in [4.69, 9.17) is 5.73 Å². The number of aliphatic imine (C=N–C) groups is 1. The lowest BCUT2D eigenvalue weighted by molar-refractivity contribution is 0.619. The number of para-hydroxylation sites is 1. The molecule has 22 heavy (non-hydrogen) atoms. The van der Waals surface area contributed by atoms with Crippen LogP contribution in [0, 0.1) is 5.82 Å². The van der Waals surface area contributed by atoms with Gasteiger partial charge in [0.05, 0.1) is 18.4 Å². The minimum Gasteiger partial charge on any atom is -0.370 e. The highest BCUT2D eigenvalue weighted by atomic mass is 19.1. The predicted molar refractivity (Wildman–Crippen MR) is 88.3 cm³/mol. The summed E-state index contributed by atoms with van der Waals surface area (Å²) in [6.07, 6.45) is 3.02. The van der Waals surface area contributed by atoms with E-state index >= 15 is 0 Å². The molecule has 1 aromatic heterocycles. The van der Waals surface area contributed by atoms with Crippen molar-refractivity contribution in [3.63, 3.8) is 0 Å². The van der Waals surface area contributed by atoms with E-state index in [1.165, 1.54) is 23.4 Å². The summed E-state index contributed by atoms with van der Waals surface area (Å²) in [6, 6.07) is 9.18. The fraction of sp³-hybridized carbons (Fsp3) is 0.294. The largest absolute Gasteiger partial charge is 0.370 e. The molecule has 1 heterocycles. The van der Waals surface area contributed by atoms with Crippen molar-refractivity contribution in [2.45, 2.75) is 33.2 Å². The second-order valence-corrected chi connectivity index (χ2v) is 4.95. The first-order chi connectivity index (χ1) is 10.6. The van der Waals surface area contributed by atoms with Gasteiger partial charge >= 0.3 is 0 Å². The number of aryl methyl sites for hydroxylation is 2. The quantitative estimate of drug-likeness (QED) is 0.658. The highest BCUT2D eigenvalue weighted by Crippen LogP contribution is 2.22. The Labute approximate surface area is 130 Å². The molecule has 0 saturated carbocycles. The maximum absolute atomic E-state index is 12.8. The fourth-order valence-corrected chi connectivity index (χ4v) is 2.24. The smallest absolute Gasteiger partial charge is 0.193 e. The number of rotatable bonds is 5. The predicted octanol–water partition coefficient (Wildman–Crippen LogP) is 3.27. The topological polar surface area (TPSA) is 63.3 Å². The normalized spacial score (nSPS) is 11.5. The van der Waals surface area contributed by atoms with Crippen LogP contribution in [-0.4, -0.2) is 10.9 Å². The molecule has 5 heteroatoms. The van der Waals surface area contributed by atoms with E-state index < -0.39 is 0 Å². The summed E-state index contributed by atoms with van der Waals surface area (Å²) in [6.45, 7) is 4.53. The average molecular weight is 300 g/mol. The Balaban J connectivity index is 2.12. The number of benzene rings is 1. The summed E-state index contributed by atoms with van der Waals surface area (Å²) in [5.74, 6) is -0.0231. The van der Waals surface area contributed by atoms with E-state index in [9.17, 15) is 4.39 Å². The minimum atomic E-state index is -0.358. The van der Waals surface area contributed by atoms with Gasteiger partial charge in [0.1, 0.15) is 5.82 Å². The highest BCUT2D eigenvalue weighted by Gasteiger charge is 2.07. The number of nitrogens with one attached hydrogen (secondary N) is 1. The van der Waals surface area contributed by atoms with Crippen molar-refractivity contribution in [3.05, 3.63) is 59.2 Å². The molecule has 0 atom stereocenters. The molecule has 0 aliphatic heterocycles. The van der Waals surface area contributed by atoms with E-state index in [1.54, 1.807) is 6.07 Å². The first kappa shape index (κ1) is 15.9. The molecule has 116 valence electrons. The minimum absolute atomic E-state index is 0.314. The maximum atomic E-state index is 12.8. The van der Waals surface area contributed by atoms with Crippen LogP contribution in [0.15, 0.2) is 41.5 Å². The van der Waals surface area contributed by atoms with E-state index in [2.05, 4.69) is 47.3 Å². The molecule has 0 radical (unpaired) electrons. The first-order valence-electron chi connectivity index (χ1n) is 7.42. The van der Waals surface area contributed by atoms with Gasteiger partial charge in [-0.1, -0.05) is 32.0 Å². The van der Waals surface area contributed by atoms with Crippen molar-refractivity contribution in [2.75, 3.05) is 5.32 Å². The first-order valence-corrected chi connectivity index (χ1v) is 7.42. The van der Waals surface area contributed by atoms with Crippen LogP contribution in [0.3, 0.4) is 0 Å². The molecular weight excluding hydrogens is 279 g/mol. The zero-order valence-corrected chi connectivity index (χ0v) is 12.9. The maximum Gasteiger partial charge on any atom is 0.193 e. The van der Waals surface area contributed by atoms with Gasteiger partial charge in [0.25, 0.3) is 0 Å². The molecule has 0 fully saturated rings. The van der Waals surface area contributed by atoms with Crippen LogP contribution in [0.25, 0.3) is 0 Å². The van der Waals surface area contributed by atoms with Gasteiger partial charge in [-0.05, 0) is 36.1 Å². The van der Waals surface area contributed by atoms with Crippen molar-refractivity contribution in [2.24, 2.45) is 10.7 Å². The number of nitrogens with two attached hydrogens (primary N) is 1. The lowest BCUT2D eigenvalue weighted by Crippen LogP contribution is -2.24. The van der Waals surface area contributed by atoms with Crippen LogP contribution in [0.4, 0.5) is 10.1 Å². The number of aromatic nitrogens is 1. The van der Waals surface area contributed by atoms with Crippen molar-refractivity contribution in [3.8, 4) is 0 Å². The Morgan fingerprint density at radius 3 is 2.41 bits per heavy atom. The second-order valence-electron chi connectivity index (χ2n) is 4.95. The molecule has 0 spiro atoms. The summed E-state index contributed by atoms with van der Waals surface area (Å²) in [5, 5.41) is 3.19. The summed E-state index contributed by atoms with van der Waals surface area (Å²) >= 11 is 0. The van der Waals surface area contributed by atoms with Crippen LogP contribution < -0.4 is 11.1 Å². The van der Waals surface area contributed by atoms with Crippen molar-refractivity contribution < 1.29 is 4.39 Å². The summed E-state index contributed by atoms with van der Waals surface area (Å²) < 4.78 is 12.8. The number of anilines is 1. The summed E-state index contributed by atoms with van der Waals surface area (Å²) in [7, 11) is 0.